The molecule has 3 atom stereocenters. The summed E-state index contributed by atoms with van der Waals surface area (Å²) in [7, 11) is 1.79. The molecule has 35 heavy (non-hydrogen) atoms. The zero-order valence-corrected chi connectivity index (χ0v) is 20.4. The van der Waals surface area contributed by atoms with E-state index < -0.39 is 0 Å². The molecule has 1 aromatic rings. The Morgan fingerprint density at radius 2 is 1.74 bits per heavy atom. The number of anilines is 1. The van der Waals surface area contributed by atoms with Crippen molar-refractivity contribution < 1.29 is 23.9 Å². The van der Waals surface area contributed by atoms with Crippen LogP contribution in [-0.2, 0) is 9.53 Å². The van der Waals surface area contributed by atoms with Gasteiger partial charge in [-0.05, 0) is 63.1 Å². The number of likely N-dealkylation sites (N-methyl/N-ethyl adjacent to an activating group) is 1. The first-order chi connectivity index (χ1) is 17.0. The van der Waals surface area contributed by atoms with Crippen LogP contribution in [0, 0.1) is 0 Å². The van der Waals surface area contributed by atoms with Crippen LogP contribution in [0.25, 0.3) is 0 Å². The topological polar surface area (TPSA) is 109 Å². The van der Waals surface area contributed by atoms with Gasteiger partial charge in [-0.15, -0.1) is 0 Å². The van der Waals surface area contributed by atoms with Crippen LogP contribution in [0.3, 0.4) is 0 Å². The van der Waals surface area contributed by atoms with E-state index in [-0.39, 0.29) is 42.1 Å². The van der Waals surface area contributed by atoms with Crippen molar-refractivity contribution in [2.75, 3.05) is 19.0 Å². The van der Waals surface area contributed by atoms with Crippen LogP contribution in [0.4, 0.5) is 10.5 Å². The Morgan fingerprint density at radius 1 is 1.00 bits per heavy atom. The van der Waals surface area contributed by atoms with Crippen LogP contribution in [0.15, 0.2) is 18.2 Å². The largest absolute Gasteiger partial charge is 0.490 e. The van der Waals surface area contributed by atoms with E-state index in [0.29, 0.717) is 42.5 Å². The number of hydrogen-bond donors (Lipinski definition) is 3. The highest BCUT2D eigenvalue weighted by Crippen LogP contribution is 2.32. The van der Waals surface area contributed by atoms with Crippen molar-refractivity contribution in [2.45, 2.75) is 94.5 Å². The Balaban J connectivity index is 1.22. The zero-order chi connectivity index (χ0) is 24.4. The lowest BCUT2D eigenvalue weighted by atomic mass is 9.92. The second kappa shape index (κ2) is 10.4. The molecule has 4 amide bonds. The van der Waals surface area contributed by atoms with Crippen LogP contribution < -0.4 is 20.7 Å². The Bertz CT molecular complexity index is 959. The molecule has 4 aliphatic rings. The van der Waals surface area contributed by atoms with Crippen molar-refractivity contribution in [2.24, 2.45) is 0 Å². The van der Waals surface area contributed by atoms with E-state index in [1.165, 1.54) is 6.42 Å². The molecule has 0 spiro atoms. The molecule has 9 heteroatoms. The number of nitrogens with zero attached hydrogens (tertiary/aromatic N) is 1. The lowest BCUT2D eigenvalue weighted by molar-refractivity contribution is -0.135. The molecule has 0 radical (unpaired) electrons. The number of nitrogens with one attached hydrogen (secondary N) is 3. The maximum Gasteiger partial charge on any atom is 0.319 e. The Hall–Kier alpha value is -2.81. The number of fused-ring (bicyclic) bond motifs is 2. The fourth-order valence-corrected chi connectivity index (χ4v) is 5.57. The summed E-state index contributed by atoms with van der Waals surface area (Å²) in [5.41, 5.74) is 0.978. The predicted molar refractivity (Wildman–Crippen MR) is 131 cm³/mol. The molecule has 2 saturated carbocycles. The number of benzene rings is 1. The zero-order valence-electron chi connectivity index (χ0n) is 20.4. The number of urea groups is 1. The van der Waals surface area contributed by atoms with Crippen molar-refractivity contribution in [1.82, 2.24) is 15.5 Å². The summed E-state index contributed by atoms with van der Waals surface area (Å²) in [6.45, 7) is 0.297. The SMILES string of the molecule is CN1C(=O)c2cc(NC(=O)NC3CCCC3)ccc2OC[C@H]2O[C@H](CC(=O)NC3CCC3)CC[C@H]21. The van der Waals surface area contributed by atoms with E-state index >= 15 is 0 Å². The second-order valence-electron chi connectivity index (χ2n) is 10.4. The highest BCUT2D eigenvalue weighted by atomic mass is 16.5. The molecule has 2 aliphatic carbocycles. The average molecular weight is 485 g/mol. The molecule has 9 nitrogen and oxygen atoms in total. The average Bonchev–Trinajstić information content (AvgIpc) is 3.32. The summed E-state index contributed by atoms with van der Waals surface area (Å²) in [5.74, 6) is 0.339. The molecule has 1 saturated heterocycles. The van der Waals surface area contributed by atoms with Crippen molar-refractivity contribution in [1.29, 1.82) is 0 Å². The Labute approximate surface area is 206 Å². The Kier molecular flexibility index (Phi) is 7.13. The monoisotopic (exact) mass is 484 g/mol. The van der Waals surface area contributed by atoms with Gasteiger partial charge in [0.05, 0.1) is 24.1 Å². The van der Waals surface area contributed by atoms with Gasteiger partial charge in [-0.2, -0.15) is 0 Å². The van der Waals surface area contributed by atoms with Crippen molar-refractivity contribution in [3.8, 4) is 5.75 Å². The van der Waals surface area contributed by atoms with Gasteiger partial charge in [-0.1, -0.05) is 12.8 Å². The first-order valence-electron chi connectivity index (χ1n) is 13.0. The van der Waals surface area contributed by atoms with Gasteiger partial charge in [-0.3, -0.25) is 9.59 Å². The smallest absolute Gasteiger partial charge is 0.319 e. The first kappa shape index (κ1) is 23.9. The molecule has 3 fully saturated rings. The molecule has 190 valence electrons. The second-order valence-corrected chi connectivity index (χ2v) is 10.4. The summed E-state index contributed by atoms with van der Waals surface area (Å²) in [4.78, 5) is 39.8. The molecule has 2 heterocycles. The Morgan fingerprint density at radius 3 is 2.49 bits per heavy atom. The van der Waals surface area contributed by atoms with Crippen molar-refractivity contribution in [3.63, 3.8) is 0 Å². The van der Waals surface area contributed by atoms with Gasteiger partial charge < -0.3 is 30.3 Å². The van der Waals surface area contributed by atoms with E-state index in [1.807, 2.05) is 0 Å². The highest BCUT2D eigenvalue weighted by Gasteiger charge is 2.39. The predicted octanol–water partition coefficient (Wildman–Crippen LogP) is 3.19. The highest BCUT2D eigenvalue weighted by molar-refractivity contribution is 5.99. The van der Waals surface area contributed by atoms with Crippen LogP contribution in [0.5, 0.6) is 5.75 Å². The molecule has 0 bridgehead atoms. The molecule has 2 aliphatic heterocycles. The molecule has 5 rings (SSSR count). The van der Waals surface area contributed by atoms with Crippen LogP contribution in [0.2, 0.25) is 0 Å². The van der Waals surface area contributed by atoms with Crippen molar-refractivity contribution in [3.05, 3.63) is 23.8 Å². The van der Waals surface area contributed by atoms with Crippen LogP contribution in [-0.4, -0.2) is 66.7 Å². The standard InChI is InChI=1S/C26H36N4O5/c1-30-21-11-10-19(14-24(31)27-16-7-4-8-16)35-23(21)15-34-22-12-9-18(13-20(22)25(30)32)29-26(33)28-17-5-2-3-6-17/h9,12-13,16-17,19,21,23H,2-8,10-11,14-15H2,1H3,(H,27,31)(H2,28,29,33)/t19-,21+,23+/m0/s1. The minimum atomic E-state index is -0.303. The maximum atomic E-state index is 13.4. The first-order valence-corrected chi connectivity index (χ1v) is 13.0. The summed E-state index contributed by atoms with van der Waals surface area (Å²) in [6.07, 6.45) is 8.91. The normalized spacial score (nSPS) is 26.9. The summed E-state index contributed by atoms with van der Waals surface area (Å²) in [5, 5.41) is 8.93. The van der Waals surface area contributed by atoms with E-state index in [9.17, 15) is 14.4 Å². The van der Waals surface area contributed by atoms with Gasteiger partial charge in [0.15, 0.2) is 0 Å². The number of rotatable bonds is 5. The third-order valence-corrected chi connectivity index (χ3v) is 7.84. The van der Waals surface area contributed by atoms with E-state index in [0.717, 1.165) is 44.9 Å². The van der Waals surface area contributed by atoms with Gasteiger partial charge in [0.1, 0.15) is 18.5 Å². The quantitative estimate of drug-likeness (QED) is 0.595. The van der Waals surface area contributed by atoms with E-state index in [2.05, 4.69) is 16.0 Å². The molecular formula is C26H36N4O5. The number of carbonyl (C=O) groups excluding carboxylic acids is 3. The van der Waals surface area contributed by atoms with E-state index in [4.69, 9.17) is 9.47 Å². The van der Waals surface area contributed by atoms with Crippen LogP contribution >= 0.6 is 0 Å². The number of amides is 4. The number of hydrogen-bond acceptors (Lipinski definition) is 5. The van der Waals surface area contributed by atoms with E-state index in [1.54, 1.807) is 30.1 Å². The third-order valence-electron chi connectivity index (χ3n) is 7.84. The maximum absolute atomic E-state index is 13.4. The summed E-state index contributed by atoms with van der Waals surface area (Å²) in [6, 6.07) is 5.29. The molecule has 3 N–H and O–H groups in total. The fourth-order valence-electron chi connectivity index (χ4n) is 5.57. The minimum absolute atomic E-state index is 0.0386. The molecular weight excluding hydrogens is 448 g/mol. The fraction of sp³-hybridized carbons (Fsp3) is 0.654. The minimum Gasteiger partial charge on any atom is -0.490 e. The van der Waals surface area contributed by atoms with Gasteiger partial charge in [0, 0.05) is 24.8 Å². The van der Waals surface area contributed by atoms with Crippen LogP contribution in [0.1, 0.15) is 74.6 Å². The van der Waals surface area contributed by atoms with Gasteiger partial charge in [0.25, 0.3) is 5.91 Å². The number of ether oxygens (including phenoxy) is 2. The number of carbonyl (C=O) groups is 3. The molecule has 1 aromatic carbocycles. The molecule has 0 unspecified atom stereocenters. The van der Waals surface area contributed by atoms with Gasteiger partial charge >= 0.3 is 6.03 Å². The summed E-state index contributed by atoms with van der Waals surface area (Å²) >= 11 is 0. The van der Waals surface area contributed by atoms with Gasteiger partial charge in [-0.25, -0.2) is 4.79 Å². The lowest BCUT2D eigenvalue weighted by Gasteiger charge is -2.42. The van der Waals surface area contributed by atoms with Gasteiger partial charge in [0.2, 0.25) is 5.91 Å². The summed E-state index contributed by atoms with van der Waals surface area (Å²) < 4.78 is 12.3. The lowest BCUT2D eigenvalue weighted by Crippen LogP contribution is -2.54. The van der Waals surface area contributed by atoms with Crippen molar-refractivity contribution >= 4 is 23.5 Å². The third kappa shape index (κ3) is 5.55. The molecule has 0 aromatic heterocycles.